The van der Waals surface area contributed by atoms with Crippen molar-refractivity contribution in [2.45, 2.75) is 26.8 Å². The monoisotopic (exact) mass is 207 g/mol. The van der Waals surface area contributed by atoms with E-state index in [9.17, 15) is 0 Å². The molecule has 0 fully saturated rings. The van der Waals surface area contributed by atoms with Gasteiger partial charge in [-0.05, 0) is 44.6 Å². The van der Waals surface area contributed by atoms with E-state index in [1.165, 1.54) is 11.3 Å². The van der Waals surface area contributed by atoms with Crippen molar-refractivity contribution in [2.24, 2.45) is 5.73 Å². The third-order valence-corrected chi connectivity index (χ3v) is 2.62. The summed E-state index contributed by atoms with van der Waals surface area (Å²) in [6.07, 6.45) is 2.92. The Morgan fingerprint density at radius 3 is 2.87 bits per heavy atom. The smallest absolute Gasteiger partial charge is 0.0573 e. The molecule has 0 aromatic carbocycles. The number of aromatic nitrogens is 1. The van der Waals surface area contributed by atoms with Crippen LogP contribution in [0.15, 0.2) is 18.3 Å². The van der Waals surface area contributed by atoms with Crippen molar-refractivity contribution >= 4 is 0 Å². The van der Waals surface area contributed by atoms with Crippen molar-refractivity contribution in [1.29, 1.82) is 0 Å². The zero-order valence-electron chi connectivity index (χ0n) is 9.74. The highest BCUT2D eigenvalue weighted by Gasteiger charge is 2.05. The minimum atomic E-state index is 0.762. The number of pyridine rings is 1. The first kappa shape index (κ1) is 12.1. The van der Waals surface area contributed by atoms with E-state index in [4.69, 9.17) is 5.73 Å². The average molecular weight is 207 g/mol. The normalized spacial score (nSPS) is 10.9. The number of hydrogen-bond donors (Lipinski definition) is 1. The van der Waals surface area contributed by atoms with Crippen LogP contribution in [0.5, 0.6) is 0 Å². The standard InChI is InChI=1S/C12H21N3/c1-3-15(9-5-7-13)10-12-11(2)6-4-8-14-12/h4,6,8H,3,5,7,9-10,13H2,1-2H3. The van der Waals surface area contributed by atoms with Gasteiger partial charge in [-0.1, -0.05) is 13.0 Å². The maximum atomic E-state index is 5.51. The molecule has 3 nitrogen and oxygen atoms in total. The van der Waals surface area contributed by atoms with E-state index in [1.54, 1.807) is 0 Å². The lowest BCUT2D eigenvalue weighted by atomic mass is 10.2. The van der Waals surface area contributed by atoms with Crippen molar-refractivity contribution in [3.8, 4) is 0 Å². The van der Waals surface area contributed by atoms with Gasteiger partial charge < -0.3 is 5.73 Å². The SMILES string of the molecule is CCN(CCCN)Cc1ncccc1C. The molecule has 2 N–H and O–H groups in total. The fourth-order valence-corrected chi connectivity index (χ4v) is 1.56. The van der Waals surface area contributed by atoms with Gasteiger partial charge in [0.1, 0.15) is 0 Å². The fraction of sp³-hybridized carbons (Fsp3) is 0.583. The Hall–Kier alpha value is -0.930. The quantitative estimate of drug-likeness (QED) is 0.769. The van der Waals surface area contributed by atoms with Crippen molar-refractivity contribution < 1.29 is 0 Å². The molecule has 0 aliphatic carbocycles. The zero-order valence-corrected chi connectivity index (χ0v) is 9.74. The Balaban J connectivity index is 2.54. The van der Waals surface area contributed by atoms with Crippen LogP contribution in [0.3, 0.4) is 0 Å². The first-order valence-electron chi connectivity index (χ1n) is 5.60. The van der Waals surface area contributed by atoms with Gasteiger partial charge in [0.15, 0.2) is 0 Å². The molecule has 0 amide bonds. The topological polar surface area (TPSA) is 42.1 Å². The molecule has 0 bridgehead atoms. The van der Waals surface area contributed by atoms with Crippen LogP contribution in [0.1, 0.15) is 24.6 Å². The van der Waals surface area contributed by atoms with Gasteiger partial charge in [-0.2, -0.15) is 0 Å². The zero-order chi connectivity index (χ0) is 11.1. The van der Waals surface area contributed by atoms with E-state index in [-0.39, 0.29) is 0 Å². The summed E-state index contributed by atoms with van der Waals surface area (Å²) >= 11 is 0. The molecule has 0 saturated heterocycles. The summed E-state index contributed by atoms with van der Waals surface area (Å²) in [5.74, 6) is 0. The lowest BCUT2D eigenvalue weighted by Crippen LogP contribution is -2.26. The molecule has 0 atom stereocenters. The van der Waals surface area contributed by atoms with E-state index in [0.717, 1.165) is 32.6 Å². The van der Waals surface area contributed by atoms with Gasteiger partial charge >= 0.3 is 0 Å². The van der Waals surface area contributed by atoms with Gasteiger partial charge in [0.25, 0.3) is 0 Å². The van der Waals surface area contributed by atoms with Crippen LogP contribution in [-0.4, -0.2) is 29.5 Å². The Morgan fingerprint density at radius 2 is 2.27 bits per heavy atom. The number of hydrogen-bond acceptors (Lipinski definition) is 3. The Morgan fingerprint density at radius 1 is 1.47 bits per heavy atom. The van der Waals surface area contributed by atoms with Crippen LogP contribution in [0, 0.1) is 6.92 Å². The number of nitrogens with two attached hydrogens (primary N) is 1. The van der Waals surface area contributed by atoms with E-state index in [1.807, 2.05) is 12.3 Å². The van der Waals surface area contributed by atoms with Gasteiger partial charge in [-0.15, -0.1) is 0 Å². The lowest BCUT2D eigenvalue weighted by molar-refractivity contribution is 0.274. The van der Waals surface area contributed by atoms with Crippen LogP contribution in [0.2, 0.25) is 0 Å². The van der Waals surface area contributed by atoms with Crippen LogP contribution < -0.4 is 5.73 Å². The molecule has 0 unspecified atom stereocenters. The van der Waals surface area contributed by atoms with Crippen molar-refractivity contribution in [3.05, 3.63) is 29.6 Å². The summed E-state index contributed by atoms with van der Waals surface area (Å²) in [6, 6.07) is 4.09. The van der Waals surface area contributed by atoms with E-state index < -0.39 is 0 Å². The maximum Gasteiger partial charge on any atom is 0.0573 e. The molecule has 1 aromatic rings. The summed E-state index contributed by atoms with van der Waals surface area (Å²) in [7, 11) is 0. The van der Waals surface area contributed by atoms with E-state index in [2.05, 4.69) is 29.8 Å². The van der Waals surface area contributed by atoms with Gasteiger partial charge in [-0.3, -0.25) is 9.88 Å². The lowest BCUT2D eigenvalue weighted by Gasteiger charge is -2.20. The third kappa shape index (κ3) is 3.98. The molecule has 1 rings (SSSR count). The van der Waals surface area contributed by atoms with E-state index >= 15 is 0 Å². The number of aryl methyl sites for hydroxylation is 1. The molecule has 0 radical (unpaired) electrons. The fourth-order valence-electron chi connectivity index (χ4n) is 1.56. The maximum absolute atomic E-state index is 5.51. The predicted octanol–water partition coefficient (Wildman–Crippen LogP) is 1.56. The van der Waals surface area contributed by atoms with Crippen LogP contribution in [-0.2, 0) is 6.54 Å². The van der Waals surface area contributed by atoms with Crippen molar-refractivity contribution in [2.75, 3.05) is 19.6 Å². The Bertz CT molecular complexity index is 286. The largest absolute Gasteiger partial charge is 0.330 e. The molecule has 0 aliphatic rings. The molecular weight excluding hydrogens is 186 g/mol. The second kappa shape index (κ2) is 6.53. The predicted molar refractivity (Wildman–Crippen MR) is 63.6 cm³/mol. The third-order valence-electron chi connectivity index (χ3n) is 2.62. The molecule has 3 heteroatoms. The first-order chi connectivity index (χ1) is 7.27. The van der Waals surface area contributed by atoms with Crippen LogP contribution in [0.4, 0.5) is 0 Å². The number of nitrogens with zero attached hydrogens (tertiary/aromatic N) is 2. The second-order valence-electron chi connectivity index (χ2n) is 3.78. The molecule has 1 aromatic heterocycles. The molecular formula is C12H21N3. The van der Waals surface area contributed by atoms with Crippen LogP contribution >= 0.6 is 0 Å². The average Bonchev–Trinajstić information content (AvgIpc) is 2.26. The molecule has 15 heavy (non-hydrogen) atoms. The summed E-state index contributed by atoms with van der Waals surface area (Å²) in [6.45, 7) is 8.09. The second-order valence-corrected chi connectivity index (χ2v) is 3.78. The molecule has 0 spiro atoms. The summed E-state index contributed by atoms with van der Waals surface area (Å²) in [4.78, 5) is 6.78. The highest BCUT2D eigenvalue weighted by molar-refractivity contribution is 5.17. The minimum Gasteiger partial charge on any atom is -0.330 e. The van der Waals surface area contributed by atoms with Crippen molar-refractivity contribution in [3.63, 3.8) is 0 Å². The van der Waals surface area contributed by atoms with Gasteiger partial charge in [0, 0.05) is 12.7 Å². The van der Waals surface area contributed by atoms with Crippen LogP contribution in [0.25, 0.3) is 0 Å². The first-order valence-corrected chi connectivity index (χ1v) is 5.60. The highest BCUT2D eigenvalue weighted by atomic mass is 15.1. The summed E-state index contributed by atoms with van der Waals surface area (Å²) in [5, 5.41) is 0. The van der Waals surface area contributed by atoms with Gasteiger partial charge in [0.05, 0.1) is 5.69 Å². The van der Waals surface area contributed by atoms with Gasteiger partial charge in [0.2, 0.25) is 0 Å². The Labute approximate surface area is 92.3 Å². The molecule has 0 aliphatic heterocycles. The molecule has 84 valence electrons. The summed E-state index contributed by atoms with van der Waals surface area (Å²) < 4.78 is 0. The molecule has 1 heterocycles. The van der Waals surface area contributed by atoms with Crippen molar-refractivity contribution in [1.82, 2.24) is 9.88 Å². The molecule has 0 saturated carbocycles. The Kier molecular flexibility index (Phi) is 5.29. The summed E-state index contributed by atoms with van der Waals surface area (Å²) in [5.41, 5.74) is 7.96. The van der Waals surface area contributed by atoms with Gasteiger partial charge in [-0.25, -0.2) is 0 Å². The highest BCUT2D eigenvalue weighted by Crippen LogP contribution is 2.07. The van der Waals surface area contributed by atoms with E-state index in [0.29, 0.717) is 0 Å². The number of rotatable bonds is 6. The minimum absolute atomic E-state index is 0.762.